The van der Waals surface area contributed by atoms with Crippen LogP contribution in [0, 0.1) is 5.41 Å². The van der Waals surface area contributed by atoms with Gasteiger partial charge in [-0.2, -0.15) is 0 Å². The van der Waals surface area contributed by atoms with Crippen molar-refractivity contribution in [1.82, 2.24) is 14.8 Å². The fraction of sp³-hybridized carbons (Fsp3) is 0.286. The van der Waals surface area contributed by atoms with E-state index in [1.165, 1.54) is 11.8 Å². The van der Waals surface area contributed by atoms with Crippen molar-refractivity contribution < 1.29 is 9.53 Å². The minimum absolute atomic E-state index is 0.154. The molecule has 0 radical (unpaired) electrons. The van der Waals surface area contributed by atoms with Crippen molar-refractivity contribution in [3.8, 4) is 22.8 Å². The van der Waals surface area contributed by atoms with Gasteiger partial charge in [0.05, 0.1) is 17.9 Å². The normalized spacial score (nSPS) is 11.5. The quantitative estimate of drug-likeness (QED) is 0.511. The van der Waals surface area contributed by atoms with E-state index in [0.29, 0.717) is 21.8 Å². The van der Waals surface area contributed by atoms with Crippen molar-refractivity contribution in [2.24, 2.45) is 5.41 Å². The number of aromatic nitrogens is 3. The lowest BCUT2D eigenvalue weighted by molar-refractivity contribution is -0.123. The highest BCUT2D eigenvalue weighted by atomic mass is 35.5. The number of nitrogens with zero attached hydrogens (tertiary/aromatic N) is 3. The molecule has 0 aliphatic rings. The first-order valence-corrected chi connectivity index (χ1v) is 10.2. The molecule has 0 atom stereocenters. The van der Waals surface area contributed by atoms with Crippen molar-refractivity contribution in [3.05, 3.63) is 53.6 Å². The zero-order valence-corrected chi connectivity index (χ0v) is 17.8. The molecule has 0 saturated carbocycles. The Bertz CT molecular complexity index is 978. The maximum absolute atomic E-state index is 12.4. The Labute approximate surface area is 174 Å². The lowest BCUT2D eigenvalue weighted by Gasteiger charge is -2.16. The standard InChI is InChI=1S/C21H22ClN3O2S/c1-21(2,3)18(26)13-28-20-24-23-19(16-7-5-6-8-17(16)22)25(20)14-9-11-15(27-4)12-10-14/h5-12H,13H2,1-4H3. The van der Waals surface area contributed by atoms with Crippen LogP contribution in [0.3, 0.4) is 0 Å². The Morgan fingerprint density at radius 1 is 1.11 bits per heavy atom. The summed E-state index contributed by atoms with van der Waals surface area (Å²) in [5.41, 5.74) is 1.25. The summed E-state index contributed by atoms with van der Waals surface area (Å²) >= 11 is 7.77. The number of carbonyl (C=O) groups is 1. The van der Waals surface area contributed by atoms with Gasteiger partial charge >= 0.3 is 0 Å². The molecule has 0 bridgehead atoms. The van der Waals surface area contributed by atoms with Crippen LogP contribution in [0.1, 0.15) is 20.8 Å². The summed E-state index contributed by atoms with van der Waals surface area (Å²) in [5.74, 6) is 1.86. The summed E-state index contributed by atoms with van der Waals surface area (Å²) in [7, 11) is 1.63. The van der Waals surface area contributed by atoms with Crippen LogP contribution in [0.4, 0.5) is 0 Å². The summed E-state index contributed by atoms with van der Waals surface area (Å²) in [4.78, 5) is 12.4. The number of benzene rings is 2. The smallest absolute Gasteiger partial charge is 0.196 e. The highest BCUT2D eigenvalue weighted by Crippen LogP contribution is 2.33. The number of hydrogen-bond donors (Lipinski definition) is 0. The van der Waals surface area contributed by atoms with E-state index in [1.54, 1.807) is 7.11 Å². The van der Waals surface area contributed by atoms with Crippen LogP contribution in [0.25, 0.3) is 17.1 Å². The van der Waals surface area contributed by atoms with Crippen molar-refractivity contribution >= 4 is 29.1 Å². The van der Waals surface area contributed by atoms with E-state index in [4.69, 9.17) is 16.3 Å². The number of methoxy groups -OCH3 is 1. The molecular weight excluding hydrogens is 394 g/mol. The largest absolute Gasteiger partial charge is 0.497 e. The molecule has 2 aromatic carbocycles. The maximum atomic E-state index is 12.4. The third-order valence-corrected chi connectivity index (χ3v) is 5.51. The molecule has 28 heavy (non-hydrogen) atoms. The first-order chi connectivity index (χ1) is 13.3. The molecular formula is C21H22ClN3O2S. The van der Waals surface area contributed by atoms with Crippen LogP contribution >= 0.6 is 23.4 Å². The molecule has 3 rings (SSSR count). The summed E-state index contributed by atoms with van der Waals surface area (Å²) in [6.45, 7) is 5.75. The van der Waals surface area contributed by atoms with Gasteiger partial charge in [0.15, 0.2) is 11.0 Å². The molecule has 0 saturated heterocycles. The minimum atomic E-state index is -0.399. The average molecular weight is 416 g/mol. The molecule has 0 amide bonds. The van der Waals surface area contributed by atoms with Crippen molar-refractivity contribution in [3.63, 3.8) is 0 Å². The van der Waals surface area contributed by atoms with Gasteiger partial charge in [-0.3, -0.25) is 9.36 Å². The number of rotatable bonds is 6. The Hall–Kier alpha value is -2.31. The molecule has 0 N–H and O–H groups in total. The molecule has 0 aliphatic carbocycles. The van der Waals surface area contributed by atoms with Gasteiger partial charge in [0.2, 0.25) is 0 Å². The molecule has 0 fully saturated rings. The Morgan fingerprint density at radius 2 is 1.79 bits per heavy atom. The van der Waals surface area contributed by atoms with Gasteiger partial charge in [0.25, 0.3) is 0 Å². The Balaban J connectivity index is 2.05. The monoisotopic (exact) mass is 415 g/mol. The maximum Gasteiger partial charge on any atom is 0.196 e. The zero-order chi connectivity index (χ0) is 20.3. The molecule has 1 aromatic heterocycles. The van der Waals surface area contributed by atoms with E-state index >= 15 is 0 Å². The van der Waals surface area contributed by atoms with Gasteiger partial charge in [-0.05, 0) is 36.4 Å². The second-order valence-electron chi connectivity index (χ2n) is 7.28. The summed E-state index contributed by atoms with van der Waals surface area (Å²) in [6.07, 6.45) is 0. The van der Waals surface area contributed by atoms with E-state index in [1.807, 2.05) is 73.9 Å². The first kappa shape index (κ1) is 20.4. The molecule has 1 heterocycles. The second-order valence-corrected chi connectivity index (χ2v) is 8.63. The predicted octanol–water partition coefficient (Wildman–Crippen LogP) is 5.30. The van der Waals surface area contributed by atoms with Crippen LogP contribution < -0.4 is 4.74 Å². The SMILES string of the molecule is COc1ccc(-n2c(SCC(=O)C(C)(C)C)nnc2-c2ccccc2Cl)cc1. The van der Waals surface area contributed by atoms with Crippen molar-refractivity contribution in [2.75, 3.05) is 12.9 Å². The highest BCUT2D eigenvalue weighted by Gasteiger charge is 2.24. The van der Waals surface area contributed by atoms with E-state index in [-0.39, 0.29) is 5.78 Å². The fourth-order valence-electron chi connectivity index (χ4n) is 2.49. The second kappa shape index (κ2) is 8.37. The lowest BCUT2D eigenvalue weighted by Crippen LogP contribution is -2.22. The third kappa shape index (κ3) is 4.39. The number of ether oxygens (including phenoxy) is 1. The predicted molar refractivity (Wildman–Crippen MR) is 114 cm³/mol. The topological polar surface area (TPSA) is 57.0 Å². The van der Waals surface area contributed by atoms with Gasteiger partial charge in [-0.25, -0.2) is 0 Å². The van der Waals surface area contributed by atoms with Crippen molar-refractivity contribution in [1.29, 1.82) is 0 Å². The fourth-order valence-corrected chi connectivity index (χ4v) is 3.82. The summed E-state index contributed by atoms with van der Waals surface area (Å²) in [6, 6.07) is 15.1. The molecule has 0 spiro atoms. The molecule has 146 valence electrons. The average Bonchev–Trinajstić information content (AvgIpc) is 3.09. The zero-order valence-electron chi connectivity index (χ0n) is 16.3. The van der Waals surface area contributed by atoms with Gasteiger partial charge in [0, 0.05) is 16.7 Å². The van der Waals surface area contributed by atoms with Crippen LogP contribution in [0.15, 0.2) is 53.7 Å². The number of halogens is 1. The van der Waals surface area contributed by atoms with Crippen LogP contribution in [0.2, 0.25) is 5.02 Å². The van der Waals surface area contributed by atoms with Gasteiger partial charge in [-0.15, -0.1) is 10.2 Å². The van der Waals surface area contributed by atoms with Crippen LogP contribution in [0.5, 0.6) is 5.75 Å². The summed E-state index contributed by atoms with van der Waals surface area (Å²) < 4.78 is 7.17. The molecule has 0 aliphatic heterocycles. The van der Waals surface area contributed by atoms with E-state index in [2.05, 4.69) is 10.2 Å². The molecule has 5 nitrogen and oxygen atoms in total. The number of Topliss-reactive ketones (excluding diaryl/α,β-unsaturated/α-hetero) is 1. The summed E-state index contributed by atoms with van der Waals surface area (Å²) in [5, 5.41) is 9.94. The molecule has 7 heteroatoms. The number of carbonyl (C=O) groups excluding carboxylic acids is 1. The molecule has 0 unspecified atom stereocenters. The van der Waals surface area contributed by atoms with Crippen LogP contribution in [-0.2, 0) is 4.79 Å². The Morgan fingerprint density at radius 3 is 2.39 bits per heavy atom. The minimum Gasteiger partial charge on any atom is -0.497 e. The van der Waals surface area contributed by atoms with Gasteiger partial charge in [0.1, 0.15) is 11.5 Å². The van der Waals surface area contributed by atoms with Gasteiger partial charge < -0.3 is 4.74 Å². The van der Waals surface area contributed by atoms with E-state index in [0.717, 1.165) is 17.0 Å². The van der Waals surface area contributed by atoms with Crippen LogP contribution in [-0.4, -0.2) is 33.4 Å². The lowest BCUT2D eigenvalue weighted by atomic mass is 9.92. The van der Waals surface area contributed by atoms with E-state index in [9.17, 15) is 4.79 Å². The van der Waals surface area contributed by atoms with Gasteiger partial charge in [-0.1, -0.05) is 56.3 Å². The number of ketones is 1. The third-order valence-electron chi connectivity index (χ3n) is 4.25. The van der Waals surface area contributed by atoms with E-state index < -0.39 is 5.41 Å². The Kier molecular flexibility index (Phi) is 6.10. The first-order valence-electron chi connectivity index (χ1n) is 8.82. The number of thioether (sulfide) groups is 1. The van der Waals surface area contributed by atoms with Crippen molar-refractivity contribution in [2.45, 2.75) is 25.9 Å². The number of hydrogen-bond acceptors (Lipinski definition) is 5. The highest BCUT2D eigenvalue weighted by molar-refractivity contribution is 7.99. The molecule has 3 aromatic rings.